The Morgan fingerprint density at radius 1 is 1.03 bits per heavy atom. The van der Waals surface area contributed by atoms with E-state index in [4.69, 9.17) is 9.84 Å². The summed E-state index contributed by atoms with van der Waals surface area (Å²) in [5.74, 6) is 2.10. The largest absolute Gasteiger partial charge is 0.492 e. The van der Waals surface area contributed by atoms with E-state index < -0.39 is 0 Å². The van der Waals surface area contributed by atoms with Crippen molar-refractivity contribution in [2.24, 2.45) is 5.92 Å². The lowest BCUT2D eigenvalue weighted by molar-refractivity contribution is -0.132. The number of aromatic nitrogens is 4. The van der Waals surface area contributed by atoms with Gasteiger partial charge in [0.15, 0.2) is 5.65 Å². The highest BCUT2D eigenvalue weighted by molar-refractivity contribution is 5.77. The van der Waals surface area contributed by atoms with Gasteiger partial charge in [-0.25, -0.2) is 14.6 Å². The average Bonchev–Trinajstić information content (AvgIpc) is 3.52. The molecule has 2 fully saturated rings. The molecule has 33 heavy (non-hydrogen) atoms. The Morgan fingerprint density at radius 3 is 2.70 bits per heavy atom. The molecule has 7 nitrogen and oxygen atoms in total. The molecule has 1 saturated carbocycles. The first-order valence-corrected chi connectivity index (χ1v) is 12.4. The van der Waals surface area contributed by atoms with Crippen LogP contribution in [0, 0.1) is 5.92 Å². The summed E-state index contributed by atoms with van der Waals surface area (Å²) in [6.45, 7) is 2.69. The molecule has 1 aliphatic heterocycles. The van der Waals surface area contributed by atoms with Crippen LogP contribution >= 0.6 is 0 Å². The van der Waals surface area contributed by atoms with Gasteiger partial charge in [-0.1, -0.05) is 43.9 Å². The van der Waals surface area contributed by atoms with E-state index in [1.54, 1.807) is 12.4 Å². The number of likely N-dealkylation sites (tertiary alicyclic amines) is 1. The number of hydrogen-bond acceptors (Lipinski definition) is 5. The minimum Gasteiger partial charge on any atom is -0.492 e. The Hall–Kier alpha value is -2.96. The number of para-hydroxylation sites is 1. The summed E-state index contributed by atoms with van der Waals surface area (Å²) < 4.78 is 7.77. The first kappa shape index (κ1) is 21.9. The topological polar surface area (TPSA) is 73.1 Å². The van der Waals surface area contributed by atoms with E-state index >= 15 is 0 Å². The third kappa shape index (κ3) is 5.18. The van der Waals surface area contributed by atoms with Crippen molar-refractivity contribution in [1.29, 1.82) is 0 Å². The highest BCUT2D eigenvalue weighted by Gasteiger charge is 2.29. The minimum atomic E-state index is 0.199. The van der Waals surface area contributed by atoms with Crippen LogP contribution in [0.2, 0.25) is 0 Å². The number of amides is 1. The number of fused-ring (bicyclic) bond motifs is 1. The zero-order chi connectivity index (χ0) is 22.5. The SMILES string of the molecule is O=C(CCC1CCCC1)N1CCCC(c2nn(CCOc3ccccc3)c3nccnc23)C1. The van der Waals surface area contributed by atoms with Crippen molar-refractivity contribution in [1.82, 2.24) is 24.6 Å². The fraction of sp³-hybridized carbons (Fsp3) is 0.538. The zero-order valence-corrected chi connectivity index (χ0v) is 19.2. The number of rotatable bonds is 8. The molecule has 1 aromatic carbocycles. The number of piperidine rings is 1. The first-order valence-electron chi connectivity index (χ1n) is 12.4. The maximum atomic E-state index is 12.9. The maximum absolute atomic E-state index is 12.9. The normalized spacial score (nSPS) is 19.3. The van der Waals surface area contributed by atoms with Crippen LogP contribution in [0.5, 0.6) is 5.75 Å². The van der Waals surface area contributed by atoms with Crippen LogP contribution in [0.1, 0.15) is 63.0 Å². The van der Waals surface area contributed by atoms with Gasteiger partial charge in [0.05, 0.1) is 12.2 Å². The standard InChI is InChI=1S/C26H33N5O2/c32-23(13-12-20-7-4-5-8-20)30-16-6-9-21(19-30)24-25-26(28-15-14-27-25)31(29-24)17-18-33-22-10-2-1-3-11-22/h1-3,10-11,14-15,20-21H,4-9,12-13,16-19H2. The number of carbonyl (C=O) groups is 1. The van der Waals surface area contributed by atoms with Crippen LogP contribution in [-0.4, -0.2) is 50.3 Å². The molecule has 1 atom stereocenters. The van der Waals surface area contributed by atoms with Crippen molar-refractivity contribution in [3.63, 3.8) is 0 Å². The second-order valence-electron chi connectivity index (χ2n) is 9.37. The second-order valence-corrected chi connectivity index (χ2v) is 9.37. The summed E-state index contributed by atoms with van der Waals surface area (Å²) in [5, 5.41) is 4.92. The van der Waals surface area contributed by atoms with Crippen molar-refractivity contribution in [2.75, 3.05) is 19.7 Å². The third-order valence-corrected chi connectivity index (χ3v) is 7.11. The van der Waals surface area contributed by atoms with Crippen LogP contribution in [0.4, 0.5) is 0 Å². The lowest BCUT2D eigenvalue weighted by atomic mass is 9.93. The van der Waals surface area contributed by atoms with Crippen LogP contribution in [-0.2, 0) is 11.3 Å². The van der Waals surface area contributed by atoms with Crippen LogP contribution in [0.15, 0.2) is 42.7 Å². The summed E-state index contributed by atoms with van der Waals surface area (Å²) in [5.41, 5.74) is 2.60. The Kier molecular flexibility index (Phi) is 6.84. The van der Waals surface area contributed by atoms with E-state index in [1.807, 2.05) is 35.0 Å². The molecule has 0 spiro atoms. The second kappa shape index (κ2) is 10.3. The monoisotopic (exact) mass is 447 g/mol. The molecule has 3 heterocycles. The molecule has 0 radical (unpaired) electrons. The van der Waals surface area contributed by atoms with Crippen molar-refractivity contribution in [2.45, 2.75) is 63.8 Å². The quantitative estimate of drug-likeness (QED) is 0.505. The molecule has 0 bridgehead atoms. The van der Waals surface area contributed by atoms with Gasteiger partial charge >= 0.3 is 0 Å². The number of nitrogens with zero attached hydrogens (tertiary/aromatic N) is 5. The first-order chi connectivity index (χ1) is 16.3. The molecule has 1 saturated heterocycles. The lowest BCUT2D eigenvalue weighted by Gasteiger charge is -2.32. The fourth-order valence-electron chi connectivity index (χ4n) is 5.33. The van der Waals surface area contributed by atoms with Crippen LogP contribution in [0.25, 0.3) is 11.2 Å². The Labute approximate surface area is 195 Å². The zero-order valence-electron chi connectivity index (χ0n) is 19.2. The number of ether oxygens (including phenoxy) is 1. The van der Waals surface area contributed by atoms with E-state index in [-0.39, 0.29) is 5.92 Å². The number of carbonyl (C=O) groups excluding carboxylic acids is 1. The molecular weight excluding hydrogens is 414 g/mol. The van der Waals surface area contributed by atoms with Crippen molar-refractivity contribution in [3.8, 4) is 5.75 Å². The molecule has 7 heteroatoms. The van der Waals surface area contributed by atoms with Gasteiger partial charge in [0, 0.05) is 37.8 Å². The van der Waals surface area contributed by atoms with E-state index in [0.29, 0.717) is 25.5 Å². The third-order valence-electron chi connectivity index (χ3n) is 7.11. The molecule has 2 aromatic heterocycles. The lowest BCUT2D eigenvalue weighted by Crippen LogP contribution is -2.39. The summed E-state index contributed by atoms with van der Waals surface area (Å²) in [7, 11) is 0. The van der Waals surface area contributed by atoms with Gasteiger partial charge in [0.1, 0.15) is 17.9 Å². The minimum absolute atomic E-state index is 0.199. The molecule has 174 valence electrons. The maximum Gasteiger partial charge on any atom is 0.222 e. The molecular formula is C26H33N5O2. The Bertz CT molecular complexity index is 1060. The number of benzene rings is 1. The van der Waals surface area contributed by atoms with Crippen LogP contribution in [0.3, 0.4) is 0 Å². The predicted octanol–water partition coefficient (Wildman–Crippen LogP) is 4.58. The predicted molar refractivity (Wildman–Crippen MR) is 127 cm³/mol. The van der Waals surface area contributed by atoms with Gasteiger partial charge in [-0.3, -0.25) is 4.79 Å². The summed E-state index contributed by atoms with van der Waals surface area (Å²) in [4.78, 5) is 24.2. The summed E-state index contributed by atoms with van der Waals surface area (Å²) in [6, 6.07) is 9.81. The fourth-order valence-corrected chi connectivity index (χ4v) is 5.33. The molecule has 1 aliphatic carbocycles. The molecule has 5 rings (SSSR count). The smallest absolute Gasteiger partial charge is 0.222 e. The van der Waals surface area contributed by atoms with Gasteiger partial charge < -0.3 is 9.64 Å². The van der Waals surface area contributed by atoms with Crippen molar-refractivity contribution < 1.29 is 9.53 Å². The van der Waals surface area contributed by atoms with Gasteiger partial charge in [-0.15, -0.1) is 0 Å². The van der Waals surface area contributed by atoms with Crippen molar-refractivity contribution in [3.05, 3.63) is 48.4 Å². The molecule has 3 aromatic rings. The molecule has 1 unspecified atom stereocenters. The highest BCUT2D eigenvalue weighted by Crippen LogP contribution is 2.32. The van der Waals surface area contributed by atoms with Gasteiger partial charge in [-0.2, -0.15) is 5.10 Å². The molecule has 1 amide bonds. The van der Waals surface area contributed by atoms with Crippen molar-refractivity contribution >= 4 is 17.1 Å². The van der Waals surface area contributed by atoms with E-state index in [2.05, 4.69) is 14.9 Å². The van der Waals surface area contributed by atoms with Crippen LogP contribution < -0.4 is 4.74 Å². The van der Waals surface area contributed by atoms with E-state index in [1.165, 1.54) is 25.7 Å². The highest BCUT2D eigenvalue weighted by atomic mass is 16.5. The van der Waals surface area contributed by atoms with Gasteiger partial charge in [0.25, 0.3) is 0 Å². The average molecular weight is 448 g/mol. The van der Waals surface area contributed by atoms with Gasteiger partial charge in [0.2, 0.25) is 5.91 Å². The number of hydrogen-bond donors (Lipinski definition) is 0. The Balaban J connectivity index is 1.26. The van der Waals surface area contributed by atoms with E-state index in [0.717, 1.165) is 60.9 Å². The summed E-state index contributed by atoms with van der Waals surface area (Å²) >= 11 is 0. The molecule has 2 aliphatic rings. The Morgan fingerprint density at radius 2 is 1.85 bits per heavy atom. The van der Waals surface area contributed by atoms with E-state index in [9.17, 15) is 4.79 Å². The van der Waals surface area contributed by atoms with Gasteiger partial charge in [-0.05, 0) is 37.3 Å². The summed E-state index contributed by atoms with van der Waals surface area (Å²) in [6.07, 6.45) is 12.5. The molecule has 0 N–H and O–H groups in total.